The Morgan fingerprint density at radius 3 is 2.07 bits per heavy atom. The van der Waals surface area contributed by atoms with E-state index in [0.717, 1.165) is 5.75 Å². The molecule has 7 heteroatoms. The quantitative estimate of drug-likeness (QED) is 0.458. The van der Waals surface area contributed by atoms with Crippen LogP contribution in [0, 0.1) is 0 Å². The molecule has 0 aliphatic carbocycles. The summed E-state index contributed by atoms with van der Waals surface area (Å²) in [4.78, 5) is 35.3. The van der Waals surface area contributed by atoms with Gasteiger partial charge >= 0.3 is 5.97 Å². The Balaban J connectivity index is 1.70. The molecule has 0 heterocycles. The van der Waals surface area contributed by atoms with Crippen molar-refractivity contribution in [2.45, 2.75) is 26.7 Å². The van der Waals surface area contributed by atoms with Gasteiger partial charge in [-0.2, -0.15) is 0 Å². The van der Waals surface area contributed by atoms with Crippen molar-refractivity contribution in [3.8, 4) is 11.5 Å². The van der Waals surface area contributed by atoms with Gasteiger partial charge in [0.05, 0.1) is 19.6 Å². The van der Waals surface area contributed by atoms with Crippen molar-refractivity contribution in [2.75, 3.05) is 25.1 Å². The fourth-order valence-corrected chi connectivity index (χ4v) is 2.34. The summed E-state index contributed by atoms with van der Waals surface area (Å²) in [6.07, 6.45) is 0.404. The van der Waals surface area contributed by atoms with E-state index >= 15 is 0 Å². The number of hydrogen-bond acceptors (Lipinski definition) is 6. The number of Topliss-reactive ketones (excluding diaryl/α,β-unsaturated/α-hetero) is 1. The molecule has 1 amide bonds. The zero-order valence-electron chi connectivity index (χ0n) is 16.6. The van der Waals surface area contributed by atoms with Crippen LogP contribution in [0.1, 0.15) is 37.0 Å². The van der Waals surface area contributed by atoms with Crippen LogP contribution in [0.15, 0.2) is 48.5 Å². The molecule has 0 aliphatic rings. The molecule has 2 aromatic carbocycles. The number of carbonyl (C=O) groups is 3. The van der Waals surface area contributed by atoms with Gasteiger partial charge in [0.1, 0.15) is 11.5 Å². The lowest BCUT2D eigenvalue weighted by atomic mass is 10.1. The Bertz CT molecular complexity index is 814. The highest BCUT2D eigenvalue weighted by atomic mass is 16.5. The zero-order chi connectivity index (χ0) is 21.1. The molecule has 2 rings (SSSR count). The van der Waals surface area contributed by atoms with Crippen molar-refractivity contribution in [3.63, 3.8) is 0 Å². The van der Waals surface area contributed by atoms with Crippen LogP contribution >= 0.6 is 0 Å². The summed E-state index contributed by atoms with van der Waals surface area (Å²) in [5.41, 5.74) is 1.01. The fourth-order valence-electron chi connectivity index (χ4n) is 2.34. The van der Waals surface area contributed by atoms with Gasteiger partial charge in [-0.25, -0.2) is 0 Å². The molecule has 0 atom stereocenters. The second kappa shape index (κ2) is 11.5. The molecule has 0 bridgehead atoms. The molecule has 154 valence electrons. The fraction of sp³-hybridized carbons (Fsp3) is 0.318. The summed E-state index contributed by atoms with van der Waals surface area (Å²) in [6, 6.07) is 13.5. The minimum Gasteiger partial charge on any atom is -0.494 e. The van der Waals surface area contributed by atoms with Crippen molar-refractivity contribution >= 4 is 23.3 Å². The Morgan fingerprint density at radius 2 is 1.48 bits per heavy atom. The lowest BCUT2D eigenvalue weighted by Crippen LogP contribution is -2.16. The number of anilines is 1. The van der Waals surface area contributed by atoms with Crippen LogP contribution in [-0.2, 0) is 14.3 Å². The van der Waals surface area contributed by atoms with Crippen molar-refractivity contribution in [2.24, 2.45) is 0 Å². The molecule has 29 heavy (non-hydrogen) atoms. The lowest BCUT2D eigenvalue weighted by molar-refractivity contribution is -0.143. The maximum Gasteiger partial charge on any atom is 0.309 e. The number of nitrogens with one attached hydrogen (secondary N) is 1. The highest BCUT2D eigenvalue weighted by Gasteiger charge is 2.11. The van der Waals surface area contributed by atoms with E-state index in [9.17, 15) is 14.4 Å². The van der Waals surface area contributed by atoms with E-state index in [4.69, 9.17) is 14.2 Å². The zero-order valence-corrected chi connectivity index (χ0v) is 16.6. The molecular weight excluding hydrogens is 374 g/mol. The van der Waals surface area contributed by atoms with Crippen LogP contribution in [0.3, 0.4) is 0 Å². The second-order valence-corrected chi connectivity index (χ2v) is 6.07. The number of rotatable bonds is 11. The van der Waals surface area contributed by atoms with Crippen molar-refractivity contribution in [1.29, 1.82) is 0 Å². The smallest absolute Gasteiger partial charge is 0.309 e. The third-order valence-electron chi connectivity index (χ3n) is 3.89. The minimum absolute atomic E-state index is 0.0302. The van der Waals surface area contributed by atoms with Gasteiger partial charge < -0.3 is 19.5 Å². The average Bonchev–Trinajstić information content (AvgIpc) is 2.74. The molecule has 1 N–H and O–H groups in total. The topological polar surface area (TPSA) is 90.9 Å². The van der Waals surface area contributed by atoms with E-state index in [1.807, 2.05) is 6.92 Å². The normalized spacial score (nSPS) is 10.1. The molecular formula is C22H25NO6. The van der Waals surface area contributed by atoms with Gasteiger partial charge in [-0.1, -0.05) is 6.92 Å². The number of amides is 1. The maximum absolute atomic E-state index is 12.1. The lowest BCUT2D eigenvalue weighted by Gasteiger charge is -2.08. The van der Waals surface area contributed by atoms with Crippen molar-refractivity contribution < 1.29 is 28.6 Å². The molecule has 0 unspecified atom stereocenters. The molecule has 0 aliphatic heterocycles. The van der Waals surface area contributed by atoms with E-state index in [2.05, 4.69) is 5.32 Å². The van der Waals surface area contributed by atoms with Gasteiger partial charge in [0.2, 0.25) is 5.91 Å². The summed E-state index contributed by atoms with van der Waals surface area (Å²) in [6.45, 7) is 4.05. The summed E-state index contributed by atoms with van der Waals surface area (Å²) < 4.78 is 15.8. The number of benzene rings is 2. The van der Waals surface area contributed by atoms with Crippen LogP contribution in [-0.4, -0.2) is 37.5 Å². The molecule has 2 aromatic rings. The average molecular weight is 399 g/mol. The first-order chi connectivity index (χ1) is 14.0. The molecule has 0 fully saturated rings. The van der Waals surface area contributed by atoms with Gasteiger partial charge in [-0.15, -0.1) is 0 Å². The van der Waals surface area contributed by atoms with Crippen LogP contribution < -0.4 is 14.8 Å². The standard InChI is InChI=1S/C22H25NO6/c1-3-21(25)23-17-7-5-16(6-8-17)20(24)15-29-22(26)13-14-28-19-11-9-18(10-12-19)27-4-2/h5-12H,3-4,13-15H2,1-2H3,(H,23,25). The third kappa shape index (κ3) is 7.65. The monoisotopic (exact) mass is 399 g/mol. The molecule has 7 nitrogen and oxygen atoms in total. The Morgan fingerprint density at radius 1 is 0.862 bits per heavy atom. The Hall–Kier alpha value is -3.35. The summed E-state index contributed by atoms with van der Waals surface area (Å²) in [7, 11) is 0. The number of hydrogen-bond donors (Lipinski definition) is 1. The van der Waals surface area contributed by atoms with Gasteiger partial charge in [-0.05, 0) is 55.5 Å². The van der Waals surface area contributed by atoms with E-state index in [0.29, 0.717) is 30.0 Å². The molecule has 0 spiro atoms. The first kappa shape index (κ1) is 21.9. The van der Waals surface area contributed by atoms with Crippen LogP contribution in [0.5, 0.6) is 11.5 Å². The third-order valence-corrected chi connectivity index (χ3v) is 3.89. The number of ketones is 1. The second-order valence-electron chi connectivity index (χ2n) is 6.07. The predicted molar refractivity (Wildman–Crippen MR) is 108 cm³/mol. The first-order valence-corrected chi connectivity index (χ1v) is 9.46. The first-order valence-electron chi connectivity index (χ1n) is 9.46. The summed E-state index contributed by atoms with van der Waals surface area (Å²) in [5, 5.41) is 2.70. The van der Waals surface area contributed by atoms with E-state index in [1.54, 1.807) is 55.5 Å². The summed E-state index contributed by atoms with van der Waals surface area (Å²) in [5.74, 6) is 0.423. The van der Waals surface area contributed by atoms with E-state index < -0.39 is 5.97 Å². The Kier molecular flexibility index (Phi) is 8.69. The minimum atomic E-state index is -0.517. The van der Waals surface area contributed by atoms with Crippen LogP contribution in [0.4, 0.5) is 5.69 Å². The van der Waals surface area contributed by atoms with Crippen molar-refractivity contribution in [3.05, 3.63) is 54.1 Å². The van der Waals surface area contributed by atoms with Gasteiger partial charge in [-0.3, -0.25) is 14.4 Å². The van der Waals surface area contributed by atoms with E-state index in [-0.39, 0.29) is 31.3 Å². The SMILES string of the molecule is CCOc1ccc(OCCC(=O)OCC(=O)c2ccc(NC(=O)CC)cc2)cc1. The highest BCUT2D eigenvalue weighted by molar-refractivity contribution is 5.98. The van der Waals surface area contributed by atoms with Gasteiger partial charge in [0.25, 0.3) is 0 Å². The Labute approximate surface area is 170 Å². The molecule has 0 saturated carbocycles. The van der Waals surface area contributed by atoms with Gasteiger partial charge in [0, 0.05) is 17.7 Å². The number of carbonyl (C=O) groups excluding carboxylic acids is 3. The molecule has 0 saturated heterocycles. The van der Waals surface area contributed by atoms with Gasteiger partial charge in [0.15, 0.2) is 12.4 Å². The van der Waals surface area contributed by atoms with Crippen LogP contribution in [0.25, 0.3) is 0 Å². The number of esters is 1. The van der Waals surface area contributed by atoms with Crippen molar-refractivity contribution in [1.82, 2.24) is 0 Å². The summed E-state index contributed by atoms with van der Waals surface area (Å²) >= 11 is 0. The maximum atomic E-state index is 12.1. The predicted octanol–water partition coefficient (Wildman–Crippen LogP) is 3.63. The molecule has 0 aromatic heterocycles. The highest BCUT2D eigenvalue weighted by Crippen LogP contribution is 2.17. The number of ether oxygens (including phenoxy) is 3. The molecule has 0 radical (unpaired) electrons. The van der Waals surface area contributed by atoms with E-state index in [1.165, 1.54) is 0 Å². The largest absolute Gasteiger partial charge is 0.494 e. The van der Waals surface area contributed by atoms with Crippen LogP contribution in [0.2, 0.25) is 0 Å².